The lowest BCUT2D eigenvalue weighted by molar-refractivity contribution is -0.145. The van der Waals surface area contributed by atoms with E-state index < -0.39 is 34.8 Å². The molecule has 0 saturated carbocycles. The summed E-state index contributed by atoms with van der Waals surface area (Å²) < 4.78 is 0. The summed E-state index contributed by atoms with van der Waals surface area (Å²) in [6.45, 7) is 10.8. The van der Waals surface area contributed by atoms with Crippen molar-refractivity contribution in [3.05, 3.63) is 40.0 Å². The number of nitrogens with one attached hydrogen (secondary N) is 1. The zero-order chi connectivity index (χ0) is 21.9. The van der Waals surface area contributed by atoms with E-state index in [1.807, 2.05) is 20.8 Å². The molecule has 2 heterocycles. The summed E-state index contributed by atoms with van der Waals surface area (Å²) in [6, 6.07) is 3.70. The summed E-state index contributed by atoms with van der Waals surface area (Å²) in [5.41, 5.74) is -0.712. The highest BCUT2D eigenvalue weighted by atomic mass is 35.5. The number of halogens is 1. The highest BCUT2D eigenvalue weighted by molar-refractivity contribution is 6.32. The molecule has 0 saturated heterocycles. The molecule has 8 heteroatoms. The number of pyridine rings is 1. The summed E-state index contributed by atoms with van der Waals surface area (Å²) in [6.07, 6.45) is 0. The molecule has 0 bridgehead atoms. The minimum Gasteiger partial charge on any atom is -0.480 e. The second-order valence-corrected chi connectivity index (χ2v) is 9.72. The first-order valence-electron chi connectivity index (χ1n) is 9.24. The molecule has 0 fully saturated rings. The number of amides is 2. The molecule has 29 heavy (non-hydrogen) atoms. The molecule has 2 amide bonds. The van der Waals surface area contributed by atoms with Crippen LogP contribution in [0.4, 0.5) is 0 Å². The van der Waals surface area contributed by atoms with Gasteiger partial charge in [0, 0.05) is 15.8 Å². The molecule has 3 rings (SSSR count). The predicted octanol–water partition coefficient (Wildman–Crippen LogP) is 3.62. The number of aliphatic carboxylic acids is 1. The van der Waals surface area contributed by atoms with E-state index in [1.54, 1.807) is 39.0 Å². The molecular formula is C21H24ClN3O4. The van der Waals surface area contributed by atoms with E-state index in [4.69, 9.17) is 11.6 Å². The minimum atomic E-state index is -1.32. The average molecular weight is 418 g/mol. The first-order chi connectivity index (χ1) is 13.2. The van der Waals surface area contributed by atoms with Crippen LogP contribution in [0.15, 0.2) is 23.2 Å². The lowest BCUT2D eigenvalue weighted by atomic mass is 9.85. The van der Waals surface area contributed by atoms with Gasteiger partial charge in [-0.05, 0) is 44.4 Å². The maximum atomic E-state index is 13.3. The number of fused-ring (bicyclic) bond motifs is 3. The van der Waals surface area contributed by atoms with E-state index in [0.717, 1.165) is 4.90 Å². The zero-order valence-electron chi connectivity index (χ0n) is 17.3. The zero-order valence-corrected chi connectivity index (χ0v) is 18.0. The van der Waals surface area contributed by atoms with Crippen LogP contribution < -0.4 is 5.49 Å². The van der Waals surface area contributed by atoms with Gasteiger partial charge >= 0.3 is 5.97 Å². The summed E-state index contributed by atoms with van der Waals surface area (Å²) in [4.78, 5) is 46.9. The Kier molecular flexibility index (Phi) is 4.86. The molecule has 2 N–H and O–H groups in total. The number of carboxylic acid groups (broad SMARTS) is 1. The van der Waals surface area contributed by atoms with E-state index in [9.17, 15) is 19.5 Å². The highest BCUT2D eigenvalue weighted by Gasteiger charge is 2.49. The van der Waals surface area contributed by atoms with Gasteiger partial charge in [0.2, 0.25) is 0 Å². The number of carbonyl (C=O) groups is 3. The Bertz CT molecular complexity index is 1120. The Morgan fingerprint density at radius 2 is 1.72 bits per heavy atom. The number of carboxylic acids is 1. The fraction of sp³-hybridized carbons (Fsp3) is 0.429. The molecule has 0 aliphatic carbocycles. The monoisotopic (exact) mass is 417 g/mol. The number of aromatic nitrogens is 1. The number of rotatable bonds is 2. The number of hydrogen-bond acceptors (Lipinski definition) is 4. The van der Waals surface area contributed by atoms with Gasteiger partial charge in [-0.2, -0.15) is 0 Å². The summed E-state index contributed by atoms with van der Waals surface area (Å²) in [5.74, 6) is -2.58. The molecule has 0 radical (unpaired) electrons. The van der Waals surface area contributed by atoms with Gasteiger partial charge in [-0.25, -0.2) is 4.79 Å². The van der Waals surface area contributed by atoms with Crippen molar-refractivity contribution in [3.8, 4) is 0 Å². The van der Waals surface area contributed by atoms with Crippen LogP contribution in [0, 0.1) is 5.41 Å². The SMILES string of the molecule is CC(C)(C)N=c1[nH]c2c(c3cc(Cl)ccc13)C(=O)N(C(C(=O)O)C(C)(C)C)C2=O. The van der Waals surface area contributed by atoms with Crippen molar-refractivity contribution in [1.29, 1.82) is 0 Å². The number of imide groups is 1. The molecule has 154 valence electrons. The maximum Gasteiger partial charge on any atom is 0.327 e. The summed E-state index contributed by atoms with van der Waals surface area (Å²) in [5, 5.41) is 11.3. The van der Waals surface area contributed by atoms with Crippen LogP contribution in [0.5, 0.6) is 0 Å². The van der Waals surface area contributed by atoms with Crippen LogP contribution in [0.2, 0.25) is 5.02 Å². The number of H-pyrrole nitrogens is 1. The average Bonchev–Trinajstić information content (AvgIpc) is 2.77. The molecule has 1 atom stereocenters. The van der Waals surface area contributed by atoms with Crippen molar-refractivity contribution >= 4 is 40.2 Å². The van der Waals surface area contributed by atoms with Crippen molar-refractivity contribution in [1.82, 2.24) is 9.88 Å². The van der Waals surface area contributed by atoms with Gasteiger partial charge in [0.1, 0.15) is 17.2 Å². The van der Waals surface area contributed by atoms with Crippen LogP contribution in [-0.2, 0) is 4.79 Å². The van der Waals surface area contributed by atoms with Gasteiger partial charge in [-0.3, -0.25) is 19.5 Å². The number of hydrogen-bond donors (Lipinski definition) is 2. The smallest absolute Gasteiger partial charge is 0.327 e. The first-order valence-corrected chi connectivity index (χ1v) is 9.62. The Morgan fingerprint density at radius 1 is 1.10 bits per heavy atom. The van der Waals surface area contributed by atoms with E-state index in [-0.39, 0.29) is 11.3 Å². The molecule has 1 aromatic heterocycles. The van der Waals surface area contributed by atoms with Crippen molar-refractivity contribution in [3.63, 3.8) is 0 Å². The second kappa shape index (κ2) is 6.69. The van der Waals surface area contributed by atoms with Crippen molar-refractivity contribution < 1.29 is 19.5 Å². The van der Waals surface area contributed by atoms with Crippen molar-refractivity contribution in [2.75, 3.05) is 0 Å². The van der Waals surface area contributed by atoms with E-state index in [0.29, 0.717) is 21.3 Å². The second-order valence-electron chi connectivity index (χ2n) is 9.28. The molecular weight excluding hydrogens is 394 g/mol. The van der Waals surface area contributed by atoms with Crippen LogP contribution in [-0.4, -0.2) is 44.4 Å². The summed E-state index contributed by atoms with van der Waals surface area (Å²) >= 11 is 6.17. The lowest BCUT2D eigenvalue weighted by Crippen LogP contribution is -2.52. The number of benzene rings is 1. The third-order valence-electron chi connectivity index (χ3n) is 4.62. The van der Waals surface area contributed by atoms with Crippen LogP contribution in [0.3, 0.4) is 0 Å². The van der Waals surface area contributed by atoms with E-state index in [2.05, 4.69) is 9.98 Å². The number of nitrogens with zero attached hydrogens (tertiary/aromatic N) is 2. The van der Waals surface area contributed by atoms with Gasteiger partial charge in [-0.1, -0.05) is 32.4 Å². The van der Waals surface area contributed by atoms with E-state index >= 15 is 0 Å². The fourth-order valence-electron chi connectivity index (χ4n) is 3.55. The normalized spacial score (nSPS) is 16.5. The van der Waals surface area contributed by atoms with Crippen molar-refractivity contribution in [2.24, 2.45) is 10.4 Å². The standard InChI is InChI=1S/C21H24ClN3O4/c1-20(2,3)15(19(28)29)25-17(26)13-12-9-10(22)7-8-11(12)16(24-21(4,5)6)23-14(13)18(25)27/h7-9,15H,1-6H3,(H,23,24)(H,28,29). The molecule has 0 spiro atoms. The topological polar surface area (TPSA) is 103 Å². The molecule has 1 aromatic carbocycles. The predicted molar refractivity (Wildman–Crippen MR) is 110 cm³/mol. The maximum absolute atomic E-state index is 13.3. The van der Waals surface area contributed by atoms with Gasteiger partial charge in [0.15, 0.2) is 0 Å². The summed E-state index contributed by atoms with van der Waals surface area (Å²) in [7, 11) is 0. The van der Waals surface area contributed by atoms with Gasteiger partial charge in [0.05, 0.1) is 11.1 Å². The Labute approximate surface area is 173 Å². The molecule has 1 unspecified atom stereocenters. The Morgan fingerprint density at radius 3 is 2.24 bits per heavy atom. The highest BCUT2D eigenvalue weighted by Crippen LogP contribution is 2.34. The molecule has 1 aliphatic rings. The van der Waals surface area contributed by atoms with Crippen LogP contribution in [0.1, 0.15) is 62.4 Å². The largest absolute Gasteiger partial charge is 0.480 e. The number of aromatic amines is 1. The van der Waals surface area contributed by atoms with Gasteiger partial charge in [-0.15, -0.1) is 0 Å². The third-order valence-corrected chi connectivity index (χ3v) is 4.86. The van der Waals surface area contributed by atoms with Crippen LogP contribution >= 0.6 is 11.6 Å². The molecule has 7 nitrogen and oxygen atoms in total. The Hall–Kier alpha value is -2.67. The van der Waals surface area contributed by atoms with Gasteiger partial charge in [0.25, 0.3) is 11.8 Å². The molecule has 1 aliphatic heterocycles. The number of carbonyl (C=O) groups excluding carboxylic acids is 2. The minimum absolute atomic E-state index is 0.0308. The molecule has 2 aromatic rings. The van der Waals surface area contributed by atoms with Crippen LogP contribution in [0.25, 0.3) is 10.8 Å². The third kappa shape index (κ3) is 3.67. The first kappa shape index (κ1) is 21.0. The fourth-order valence-corrected chi connectivity index (χ4v) is 3.73. The van der Waals surface area contributed by atoms with E-state index in [1.165, 1.54) is 0 Å². The quantitative estimate of drug-likeness (QED) is 0.728. The van der Waals surface area contributed by atoms with Crippen molar-refractivity contribution in [2.45, 2.75) is 53.1 Å². The lowest BCUT2D eigenvalue weighted by Gasteiger charge is -2.33. The van der Waals surface area contributed by atoms with Gasteiger partial charge < -0.3 is 10.1 Å². The Balaban J connectivity index is 2.37.